The minimum Gasteiger partial charge on any atom is -0.285 e. The highest BCUT2D eigenvalue weighted by Crippen LogP contribution is 2.23. The molecule has 0 amide bonds. The molecule has 3 nitrogen and oxygen atoms in total. The number of thiol groups is 1. The van der Waals surface area contributed by atoms with Gasteiger partial charge in [-0.2, -0.15) is 21.6 Å². The van der Waals surface area contributed by atoms with E-state index in [1.54, 1.807) is 0 Å². The normalized spacial score (nSPS) is 10.7. The zero-order valence-electron chi connectivity index (χ0n) is 8.21. The van der Waals surface area contributed by atoms with E-state index >= 15 is 0 Å². The van der Waals surface area contributed by atoms with Gasteiger partial charge in [-0.1, -0.05) is 0 Å². The summed E-state index contributed by atoms with van der Waals surface area (Å²) in [4.78, 5) is 0. The van der Waals surface area contributed by atoms with Gasteiger partial charge in [-0.05, 0) is 22.2 Å². The second-order valence-corrected chi connectivity index (χ2v) is 4.25. The van der Waals surface area contributed by atoms with E-state index in [0.717, 1.165) is 28.5 Å². The number of nitriles is 1. The highest BCUT2D eigenvalue weighted by atomic mass is 79.9. The Bertz CT molecular complexity index is 436. The summed E-state index contributed by atoms with van der Waals surface area (Å²) in [5.74, 6) is -1.45. The molecule has 1 rings (SSSR count). The Morgan fingerprint density at radius 3 is 2.50 bits per heavy atom. The summed E-state index contributed by atoms with van der Waals surface area (Å²) < 4.78 is 26.1. The topological polar surface area (TPSA) is 39.1 Å². The molecular formula is C9H8BrF2N3S. The maximum Gasteiger partial charge on any atom is 0.204 e. The molecule has 16 heavy (non-hydrogen) atoms. The van der Waals surface area contributed by atoms with Gasteiger partial charge in [0.2, 0.25) is 6.19 Å². The molecule has 86 valence electrons. The van der Waals surface area contributed by atoms with Gasteiger partial charge in [-0.15, -0.1) is 0 Å². The van der Waals surface area contributed by atoms with Crippen molar-refractivity contribution in [2.24, 2.45) is 0 Å². The molecule has 0 saturated carbocycles. The summed E-state index contributed by atoms with van der Waals surface area (Å²) in [6.07, 6.45) is 3.62. The van der Waals surface area contributed by atoms with E-state index in [-0.39, 0.29) is 10.2 Å². The molecular weight excluding hydrogens is 300 g/mol. The standard InChI is InChI=1S/C9H8BrF2N3S/c1-16-5-15(4-13)14-6-2-7(11)9(10)8(12)3-6/h2-3,5,14,16H,1H3. The molecule has 0 aliphatic heterocycles. The lowest BCUT2D eigenvalue weighted by Gasteiger charge is -2.13. The number of rotatable bonds is 3. The third-order valence-corrected chi connectivity index (χ3v) is 2.79. The molecule has 1 aromatic carbocycles. The van der Waals surface area contributed by atoms with Gasteiger partial charge in [0, 0.05) is 12.1 Å². The maximum absolute atomic E-state index is 13.1. The van der Waals surface area contributed by atoms with Crippen molar-refractivity contribution in [3.8, 4) is 6.19 Å². The van der Waals surface area contributed by atoms with Crippen molar-refractivity contribution < 1.29 is 8.78 Å². The van der Waals surface area contributed by atoms with Gasteiger partial charge in [-0.25, -0.2) is 8.78 Å². The number of benzene rings is 1. The quantitative estimate of drug-likeness (QED) is 0.225. The van der Waals surface area contributed by atoms with Gasteiger partial charge in [0.15, 0.2) is 0 Å². The van der Waals surface area contributed by atoms with Gasteiger partial charge < -0.3 is 0 Å². The average molecular weight is 308 g/mol. The molecule has 0 spiro atoms. The molecule has 1 N–H and O–H groups in total. The van der Waals surface area contributed by atoms with E-state index in [1.807, 2.05) is 12.4 Å². The molecule has 7 heteroatoms. The van der Waals surface area contributed by atoms with Crippen LogP contribution in [0.5, 0.6) is 0 Å². The minimum absolute atomic E-state index is 0.166. The first-order valence-corrected chi connectivity index (χ1v) is 6.31. The van der Waals surface area contributed by atoms with Gasteiger partial charge in [0.25, 0.3) is 0 Å². The van der Waals surface area contributed by atoms with Gasteiger partial charge in [0.05, 0.1) is 15.7 Å². The molecule has 0 aliphatic rings. The molecule has 0 radical (unpaired) electrons. The molecule has 0 atom stereocenters. The Balaban J connectivity index is 2.94. The largest absolute Gasteiger partial charge is 0.285 e. The molecule has 0 heterocycles. The van der Waals surface area contributed by atoms with Crippen molar-refractivity contribution in [1.82, 2.24) is 5.01 Å². The summed E-state index contributed by atoms with van der Waals surface area (Å²) in [5, 5.41) is 9.77. The van der Waals surface area contributed by atoms with E-state index in [0.29, 0.717) is 0 Å². The second kappa shape index (κ2) is 5.82. The smallest absolute Gasteiger partial charge is 0.204 e. The lowest BCUT2D eigenvalue weighted by atomic mass is 10.3. The van der Waals surface area contributed by atoms with E-state index in [2.05, 4.69) is 21.4 Å². The van der Waals surface area contributed by atoms with Crippen LogP contribution >= 0.6 is 27.3 Å². The van der Waals surface area contributed by atoms with E-state index in [1.165, 1.54) is 5.49 Å². The van der Waals surface area contributed by atoms with Gasteiger partial charge in [-0.3, -0.25) is 5.43 Å². The number of anilines is 1. The molecule has 0 fully saturated rings. The van der Waals surface area contributed by atoms with Crippen LogP contribution in [-0.2, 0) is 0 Å². The van der Waals surface area contributed by atoms with Crippen LogP contribution in [0, 0.1) is 23.1 Å². The number of nitrogens with zero attached hydrogens (tertiary/aromatic N) is 2. The molecule has 0 saturated heterocycles. The minimum atomic E-state index is -0.727. The van der Waals surface area contributed by atoms with Crippen LogP contribution in [-0.4, -0.2) is 16.8 Å². The van der Waals surface area contributed by atoms with Crippen molar-refractivity contribution >= 4 is 38.5 Å². The van der Waals surface area contributed by atoms with Crippen molar-refractivity contribution in [1.29, 1.82) is 5.26 Å². The summed E-state index contributed by atoms with van der Waals surface area (Å²) >= 11 is 3.61. The summed E-state index contributed by atoms with van der Waals surface area (Å²) in [6.45, 7) is 0. The van der Waals surface area contributed by atoms with Crippen molar-refractivity contribution in [3.63, 3.8) is 0 Å². The van der Waals surface area contributed by atoms with Crippen LogP contribution in [0.4, 0.5) is 14.5 Å². The lowest BCUT2D eigenvalue weighted by Crippen LogP contribution is -2.22. The van der Waals surface area contributed by atoms with Crippen molar-refractivity contribution in [2.75, 3.05) is 11.7 Å². The predicted octanol–water partition coefficient (Wildman–Crippen LogP) is 2.69. The number of hydrogen-bond acceptors (Lipinski definition) is 2. The Hall–Kier alpha value is -1.13. The number of halogens is 3. The van der Waals surface area contributed by atoms with Crippen molar-refractivity contribution in [2.45, 2.75) is 0 Å². The average Bonchev–Trinajstić information content (AvgIpc) is 2.25. The molecule has 1 aromatic rings. The highest BCUT2D eigenvalue weighted by Gasteiger charge is 2.09. The summed E-state index contributed by atoms with van der Waals surface area (Å²) in [6, 6.07) is 2.19. The summed E-state index contributed by atoms with van der Waals surface area (Å²) in [5.41, 5.74) is 4.24. The van der Waals surface area contributed by atoms with E-state index in [9.17, 15) is 8.78 Å². The zero-order valence-corrected chi connectivity index (χ0v) is 10.7. The SMILES string of the molecule is C[SH]=CN(C#N)Nc1cc(F)c(Br)c(F)c1. The summed E-state index contributed by atoms with van der Waals surface area (Å²) in [7, 11) is 0. The highest BCUT2D eigenvalue weighted by molar-refractivity contribution is 9.10. The van der Waals surface area contributed by atoms with Crippen LogP contribution in [0.3, 0.4) is 0 Å². The Morgan fingerprint density at radius 1 is 1.50 bits per heavy atom. The molecule has 0 bridgehead atoms. The maximum atomic E-state index is 13.1. The van der Waals surface area contributed by atoms with E-state index in [4.69, 9.17) is 5.26 Å². The number of hydrogen-bond donors (Lipinski definition) is 2. The monoisotopic (exact) mass is 307 g/mol. The van der Waals surface area contributed by atoms with Crippen LogP contribution in [0.15, 0.2) is 16.6 Å². The fraction of sp³-hybridized carbons (Fsp3) is 0.111. The Morgan fingerprint density at radius 2 is 2.06 bits per heavy atom. The second-order valence-electron chi connectivity index (χ2n) is 2.71. The van der Waals surface area contributed by atoms with Gasteiger partial charge >= 0.3 is 0 Å². The lowest BCUT2D eigenvalue weighted by molar-refractivity contribution is 0.570. The third-order valence-electron chi connectivity index (χ3n) is 1.57. The molecule has 0 unspecified atom stereocenters. The predicted molar refractivity (Wildman–Crippen MR) is 66.1 cm³/mol. The van der Waals surface area contributed by atoms with Crippen LogP contribution in [0.25, 0.3) is 0 Å². The third kappa shape index (κ3) is 3.18. The first kappa shape index (κ1) is 12.9. The van der Waals surface area contributed by atoms with Gasteiger partial charge in [0.1, 0.15) is 11.6 Å². The number of hydrazine groups is 1. The van der Waals surface area contributed by atoms with E-state index < -0.39 is 11.6 Å². The fourth-order valence-electron chi connectivity index (χ4n) is 0.954. The van der Waals surface area contributed by atoms with Crippen LogP contribution < -0.4 is 5.43 Å². The molecule has 0 aliphatic carbocycles. The first-order chi connectivity index (χ1) is 7.58. The van der Waals surface area contributed by atoms with Crippen molar-refractivity contribution in [3.05, 3.63) is 28.2 Å². The fourth-order valence-corrected chi connectivity index (χ4v) is 1.52. The van der Waals surface area contributed by atoms with Crippen LogP contribution in [0.1, 0.15) is 0 Å². The Labute approximate surface area is 104 Å². The Kier molecular flexibility index (Phi) is 4.71. The number of nitrogens with one attached hydrogen (secondary N) is 1. The zero-order chi connectivity index (χ0) is 12.1. The molecule has 0 aromatic heterocycles. The first-order valence-electron chi connectivity index (χ1n) is 4.11. The van der Waals surface area contributed by atoms with Crippen LogP contribution in [0.2, 0.25) is 0 Å².